The Morgan fingerprint density at radius 3 is 2.43 bits per heavy atom. The summed E-state index contributed by atoms with van der Waals surface area (Å²) >= 11 is 0. The zero-order chi connectivity index (χ0) is 14.8. The van der Waals surface area contributed by atoms with E-state index >= 15 is 0 Å². The molecule has 0 unspecified atom stereocenters. The van der Waals surface area contributed by atoms with Gasteiger partial charge in [0.25, 0.3) is 6.02 Å². The lowest BCUT2D eigenvalue weighted by Gasteiger charge is -2.16. The molecule has 21 heavy (non-hydrogen) atoms. The summed E-state index contributed by atoms with van der Waals surface area (Å²) in [5.41, 5.74) is 8.29. The summed E-state index contributed by atoms with van der Waals surface area (Å²) in [6, 6.07) is 16.4. The second-order valence-electron chi connectivity index (χ2n) is 5.09. The summed E-state index contributed by atoms with van der Waals surface area (Å²) < 4.78 is 5.53. The molecule has 2 aromatic carbocycles. The van der Waals surface area contributed by atoms with Crippen molar-refractivity contribution in [1.82, 2.24) is 0 Å². The molecule has 0 spiro atoms. The van der Waals surface area contributed by atoms with Gasteiger partial charge < -0.3 is 10.5 Å². The van der Waals surface area contributed by atoms with E-state index in [4.69, 9.17) is 10.5 Å². The number of hydrogen-bond acceptors (Lipinski definition) is 4. The molecule has 106 valence electrons. The lowest BCUT2D eigenvalue weighted by atomic mass is 9.95. The molecule has 0 saturated carbocycles. The van der Waals surface area contributed by atoms with Crippen LogP contribution in [0.5, 0.6) is 0 Å². The summed E-state index contributed by atoms with van der Waals surface area (Å²) in [6.07, 6.45) is -0.458. The molecule has 0 aliphatic carbocycles. The van der Waals surface area contributed by atoms with Crippen LogP contribution in [0.2, 0.25) is 0 Å². The van der Waals surface area contributed by atoms with Crippen molar-refractivity contribution < 1.29 is 9.53 Å². The third kappa shape index (κ3) is 2.65. The summed E-state index contributed by atoms with van der Waals surface area (Å²) in [4.78, 5) is 16.8. The molecular formula is C17H16N2O2. The van der Waals surface area contributed by atoms with Gasteiger partial charge in [-0.15, -0.1) is 0 Å². The number of Topliss-reactive ketones (excluding diaryl/α,β-unsaturated/α-hetero) is 1. The molecule has 0 radical (unpaired) electrons. The topological polar surface area (TPSA) is 64.7 Å². The van der Waals surface area contributed by atoms with Gasteiger partial charge in [0.05, 0.1) is 0 Å². The third-order valence-electron chi connectivity index (χ3n) is 3.53. The fourth-order valence-electron chi connectivity index (χ4n) is 2.41. The highest BCUT2D eigenvalue weighted by molar-refractivity contribution is 6.02. The van der Waals surface area contributed by atoms with E-state index in [0.29, 0.717) is 5.56 Å². The predicted octanol–water partition coefficient (Wildman–Crippen LogP) is 2.63. The zero-order valence-corrected chi connectivity index (χ0v) is 11.7. The lowest BCUT2D eigenvalue weighted by Crippen LogP contribution is -2.24. The number of aryl methyl sites for hydroxylation is 1. The van der Waals surface area contributed by atoms with Crippen molar-refractivity contribution in [1.29, 1.82) is 0 Å². The molecule has 1 aliphatic heterocycles. The molecule has 1 heterocycles. The lowest BCUT2D eigenvalue weighted by molar-refractivity contribution is 0.0889. The molecule has 2 atom stereocenters. The second kappa shape index (κ2) is 5.40. The number of rotatable bonds is 3. The van der Waals surface area contributed by atoms with Gasteiger partial charge in [-0.05, 0) is 12.5 Å². The Morgan fingerprint density at radius 1 is 1.10 bits per heavy atom. The summed E-state index contributed by atoms with van der Waals surface area (Å²) in [6.45, 7) is 1.98. The maximum Gasteiger partial charge on any atom is 0.283 e. The van der Waals surface area contributed by atoms with Crippen LogP contribution in [0.4, 0.5) is 0 Å². The monoisotopic (exact) mass is 280 g/mol. The molecule has 1 aliphatic rings. The number of benzene rings is 2. The quantitative estimate of drug-likeness (QED) is 0.879. The maximum atomic E-state index is 12.6. The first kappa shape index (κ1) is 13.4. The first-order chi connectivity index (χ1) is 10.1. The van der Waals surface area contributed by atoms with Crippen LogP contribution < -0.4 is 5.73 Å². The first-order valence-corrected chi connectivity index (χ1v) is 6.81. The van der Waals surface area contributed by atoms with Crippen molar-refractivity contribution in [3.8, 4) is 0 Å². The Kier molecular flexibility index (Phi) is 3.44. The normalized spacial score (nSPS) is 20.7. The van der Waals surface area contributed by atoms with Gasteiger partial charge in [-0.2, -0.15) is 0 Å². The molecule has 0 amide bonds. The number of carbonyl (C=O) groups is 1. The van der Waals surface area contributed by atoms with Crippen LogP contribution in [0.1, 0.15) is 27.6 Å². The molecule has 0 saturated heterocycles. The first-order valence-electron chi connectivity index (χ1n) is 6.81. The van der Waals surface area contributed by atoms with Crippen LogP contribution in [-0.2, 0) is 4.74 Å². The van der Waals surface area contributed by atoms with Gasteiger partial charge in [0.1, 0.15) is 0 Å². The van der Waals surface area contributed by atoms with E-state index in [1.807, 2.05) is 61.5 Å². The van der Waals surface area contributed by atoms with Crippen molar-refractivity contribution >= 4 is 11.8 Å². The van der Waals surface area contributed by atoms with E-state index in [1.54, 1.807) is 0 Å². The Morgan fingerprint density at radius 2 is 1.76 bits per heavy atom. The van der Waals surface area contributed by atoms with Gasteiger partial charge >= 0.3 is 0 Å². The van der Waals surface area contributed by atoms with Crippen LogP contribution in [-0.4, -0.2) is 17.8 Å². The number of ether oxygens (including phenoxy) is 1. The Labute approximate surface area is 123 Å². The van der Waals surface area contributed by atoms with Crippen LogP contribution in [0.3, 0.4) is 0 Å². The average molecular weight is 280 g/mol. The highest BCUT2D eigenvalue weighted by Gasteiger charge is 2.37. The minimum Gasteiger partial charge on any atom is -0.454 e. The molecule has 0 aromatic heterocycles. The predicted molar refractivity (Wildman–Crippen MR) is 81.2 cm³/mol. The molecule has 0 fully saturated rings. The molecule has 4 nitrogen and oxygen atoms in total. The Bertz CT molecular complexity index is 678. The van der Waals surface area contributed by atoms with Crippen molar-refractivity contribution in [2.24, 2.45) is 10.7 Å². The number of amidine groups is 1. The Hall–Kier alpha value is -2.62. The summed E-state index contributed by atoms with van der Waals surface area (Å²) in [7, 11) is 0. The summed E-state index contributed by atoms with van der Waals surface area (Å²) in [5.74, 6) is -0.0793. The van der Waals surface area contributed by atoms with E-state index in [2.05, 4.69) is 4.99 Å². The number of ketones is 1. The number of nitrogens with zero attached hydrogens (tertiary/aromatic N) is 1. The van der Waals surface area contributed by atoms with Crippen LogP contribution in [0.25, 0.3) is 0 Å². The maximum absolute atomic E-state index is 12.6. The van der Waals surface area contributed by atoms with Gasteiger partial charge in [-0.25, -0.2) is 4.99 Å². The minimum atomic E-state index is -0.630. The summed E-state index contributed by atoms with van der Waals surface area (Å²) in [5, 5.41) is 0. The molecule has 0 bridgehead atoms. The number of hydrogen-bond donors (Lipinski definition) is 1. The highest BCUT2D eigenvalue weighted by Crippen LogP contribution is 2.30. The van der Waals surface area contributed by atoms with E-state index in [1.165, 1.54) is 0 Å². The largest absolute Gasteiger partial charge is 0.454 e. The number of carbonyl (C=O) groups excluding carboxylic acids is 1. The van der Waals surface area contributed by atoms with Gasteiger partial charge in [-0.1, -0.05) is 60.2 Å². The highest BCUT2D eigenvalue weighted by atomic mass is 16.5. The van der Waals surface area contributed by atoms with Gasteiger partial charge in [0.15, 0.2) is 17.9 Å². The van der Waals surface area contributed by atoms with Crippen LogP contribution in [0, 0.1) is 6.92 Å². The molecule has 4 heteroatoms. The smallest absolute Gasteiger partial charge is 0.283 e. The minimum absolute atomic E-state index is 0.0642. The molecule has 3 rings (SSSR count). The van der Waals surface area contributed by atoms with Gasteiger partial charge in [-0.3, -0.25) is 4.79 Å². The van der Waals surface area contributed by atoms with Crippen molar-refractivity contribution in [2.45, 2.75) is 19.1 Å². The SMILES string of the molecule is Cc1ccc(C(=O)[C@H]2N=C(N)O[C@@H]2c2ccccc2)cc1. The van der Waals surface area contributed by atoms with E-state index < -0.39 is 12.1 Å². The number of aliphatic imine (C=N–C) groups is 1. The van der Waals surface area contributed by atoms with Crippen LogP contribution >= 0.6 is 0 Å². The zero-order valence-electron chi connectivity index (χ0n) is 11.7. The van der Waals surface area contributed by atoms with Gasteiger partial charge in [0, 0.05) is 5.56 Å². The van der Waals surface area contributed by atoms with Crippen molar-refractivity contribution in [3.63, 3.8) is 0 Å². The van der Waals surface area contributed by atoms with Crippen molar-refractivity contribution in [2.75, 3.05) is 0 Å². The van der Waals surface area contributed by atoms with Crippen LogP contribution in [0.15, 0.2) is 59.6 Å². The van der Waals surface area contributed by atoms with Crippen molar-refractivity contribution in [3.05, 3.63) is 71.3 Å². The molecular weight excluding hydrogens is 264 g/mol. The molecule has 2 aromatic rings. The standard InChI is InChI=1S/C17H16N2O2/c1-11-7-9-12(10-8-11)15(20)14-16(21-17(18)19-14)13-5-3-2-4-6-13/h2-10,14,16H,1H3,(H2,18,19)/t14-,16-/m1/s1. The van der Waals surface area contributed by atoms with E-state index in [9.17, 15) is 4.79 Å². The van der Waals surface area contributed by atoms with E-state index in [0.717, 1.165) is 11.1 Å². The third-order valence-corrected chi connectivity index (χ3v) is 3.53. The molecule has 2 N–H and O–H groups in total. The second-order valence-corrected chi connectivity index (χ2v) is 5.09. The Balaban J connectivity index is 1.91. The fourth-order valence-corrected chi connectivity index (χ4v) is 2.41. The fraction of sp³-hybridized carbons (Fsp3) is 0.176. The number of nitrogens with two attached hydrogens (primary N) is 1. The van der Waals surface area contributed by atoms with Gasteiger partial charge in [0.2, 0.25) is 0 Å². The average Bonchev–Trinajstić information content (AvgIpc) is 2.90. The van der Waals surface area contributed by atoms with E-state index in [-0.39, 0.29) is 11.8 Å².